The fraction of sp³-hybridized carbons (Fsp3) is 0. The number of rotatable bonds is 3. The minimum atomic E-state index is 0.812. The number of aromatic nitrogens is 4. The lowest BCUT2D eigenvalue weighted by Gasteiger charge is -2.14. The van der Waals surface area contributed by atoms with Crippen LogP contribution >= 0.6 is 11.3 Å². The number of fused-ring (bicyclic) bond motifs is 9. The summed E-state index contributed by atoms with van der Waals surface area (Å²) < 4.78 is 5.03. The molecule has 0 saturated carbocycles. The van der Waals surface area contributed by atoms with E-state index in [2.05, 4.69) is 99.5 Å². The highest BCUT2D eigenvalue weighted by molar-refractivity contribution is 7.26. The van der Waals surface area contributed by atoms with Gasteiger partial charge in [0.05, 0.1) is 39.5 Å². The van der Waals surface area contributed by atoms with Crippen molar-refractivity contribution in [1.29, 1.82) is 0 Å². The molecule has 0 saturated heterocycles. The molecule has 9 aromatic rings. The molecule has 0 bridgehead atoms. The Morgan fingerprint density at radius 1 is 0.524 bits per heavy atom. The number of para-hydroxylation sites is 1. The predicted molar refractivity (Wildman–Crippen MR) is 175 cm³/mol. The maximum absolute atomic E-state index is 5.05. The van der Waals surface area contributed by atoms with Crippen LogP contribution in [0.2, 0.25) is 0 Å². The van der Waals surface area contributed by atoms with Crippen molar-refractivity contribution in [3.63, 3.8) is 0 Å². The Morgan fingerprint density at radius 2 is 1.17 bits per heavy atom. The lowest BCUT2D eigenvalue weighted by Crippen LogP contribution is -2.00. The molecule has 9 rings (SSSR count). The molecular formula is C37H22N4S. The van der Waals surface area contributed by atoms with Crippen molar-refractivity contribution in [3.8, 4) is 28.5 Å². The van der Waals surface area contributed by atoms with Crippen molar-refractivity contribution >= 4 is 64.1 Å². The first kappa shape index (κ1) is 23.3. The summed E-state index contributed by atoms with van der Waals surface area (Å²) in [6, 6.07) is 42.7. The summed E-state index contributed by atoms with van der Waals surface area (Å²) in [7, 11) is 0. The molecule has 0 unspecified atom stereocenters. The van der Waals surface area contributed by atoms with Crippen LogP contribution in [0.25, 0.3) is 81.2 Å². The maximum Gasteiger partial charge on any atom is 0.0915 e. The number of hydrogen-bond acceptors (Lipinski definition) is 4. The van der Waals surface area contributed by atoms with E-state index >= 15 is 0 Å². The summed E-state index contributed by atoms with van der Waals surface area (Å²) in [4.78, 5) is 14.4. The molecule has 0 amide bonds. The summed E-state index contributed by atoms with van der Waals surface area (Å²) in [6.45, 7) is 0. The molecule has 0 radical (unpaired) electrons. The lowest BCUT2D eigenvalue weighted by atomic mass is 10.0. The summed E-state index contributed by atoms with van der Waals surface area (Å²) in [6.07, 6.45) is 3.63. The Hall–Kier alpha value is -5.39. The number of pyridine rings is 3. The van der Waals surface area contributed by atoms with Gasteiger partial charge in [0, 0.05) is 48.7 Å². The molecule has 42 heavy (non-hydrogen) atoms. The van der Waals surface area contributed by atoms with E-state index in [1.54, 1.807) is 0 Å². The molecule has 5 heterocycles. The first-order valence-electron chi connectivity index (χ1n) is 13.9. The second kappa shape index (κ2) is 9.06. The number of nitrogens with zero attached hydrogens (tertiary/aromatic N) is 4. The third-order valence-corrected chi connectivity index (χ3v) is 9.29. The van der Waals surface area contributed by atoms with Crippen LogP contribution in [0.5, 0.6) is 0 Å². The molecule has 0 aliphatic rings. The highest BCUT2D eigenvalue weighted by Gasteiger charge is 2.20. The summed E-state index contributed by atoms with van der Waals surface area (Å²) in [5.41, 5.74) is 6.67. The van der Waals surface area contributed by atoms with Crippen LogP contribution in [0.15, 0.2) is 134 Å². The standard InChI is InChI=1S/C37H22N4S/c1-3-13-33-25(9-1)27-17-15-23-16-18-28-26-10-2-4-14-34(26)42-37(28)35(23)36(27)41(33)24-21-31(29-11-5-7-19-38-29)40-32(22-24)30-12-6-8-20-39-30/h1-22H. The highest BCUT2D eigenvalue weighted by atomic mass is 32.1. The molecule has 196 valence electrons. The first-order valence-corrected chi connectivity index (χ1v) is 14.8. The van der Waals surface area contributed by atoms with E-state index in [1.165, 1.54) is 47.2 Å². The predicted octanol–water partition coefficient (Wildman–Crippen LogP) is 9.82. The smallest absolute Gasteiger partial charge is 0.0915 e. The largest absolute Gasteiger partial charge is 0.308 e. The van der Waals surface area contributed by atoms with E-state index in [0.717, 1.165) is 34.0 Å². The van der Waals surface area contributed by atoms with Crippen molar-refractivity contribution < 1.29 is 0 Å². The average Bonchev–Trinajstić information content (AvgIpc) is 3.61. The van der Waals surface area contributed by atoms with Crippen molar-refractivity contribution in [2.75, 3.05) is 0 Å². The molecule has 5 aromatic heterocycles. The molecule has 0 spiro atoms. The lowest BCUT2D eigenvalue weighted by molar-refractivity contribution is 1.15. The van der Waals surface area contributed by atoms with Gasteiger partial charge in [-0.1, -0.05) is 72.8 Å². The second-order valence-corrected chi connectivity index (χ2v) is 11.5. The Labute approximate surface area is 245 Å². The fourth-order valence-electron chi connectivity index (χ4n) is 6.24. The quantitative estimate of drug-likeness (QED) is 0.218. The van der Waals surface area contributed by atoms with E-state index in [9.17, 15) is 0 Å². The SMILES string of the molecule is c1ccc(-c2cc(-n3c4ccccc4c4ccc5ccc6c7ccccc7sc6c5c43)cc(-c3ccccn3)n2)nc1. The molecule has 5 heteroatoms. The average molecular weight is 555 g/mol. The van der Waals surface area contributed by atoms with Crippen molar-refractivity contribution in [1.82, 2.24) is 19.5 Å². The molecule has 4 aromatic carbocycles. The van der Waals surface area contributed by atoms with Crippen LogP contribution in [0.3, 0.4) is 0 Å². The number of hydrogen-bond donors (Lipinski definition) is 0. The first-order chi connectivity index (χ1) is 20.8. The van der Waals surface area contributed by atoms with Gasteiger partial charge in [-0.2, -0.15) is 0 Å². The van der Waals surface area contributed by atoms with E-state index in [0.29, 0.717) is 0 Å². The van der Waals surface area contributed by atoms with E-state index in [-0.39, 0.29) is 0 Å². The highest BCUT2D eigenvalue weighted by Crippen LogP contribution is 2.44. The minimum absolute atomic E-state index is 0.812. The fourth-order valence-corrected chi connectivity index (χ4v) is 7.50. The molecule has 0 aliphatic heterocycles. The van der Waals surface area contributed by atoms with Gasteiger partial charge in [0.2, 0.25) is 0 Å². The van der Waals surface area contributed by atoms with Gasteiger partial charge < -0.3 is 4.57 Å². The Morgan fingerprint density at radius 3 is 1.88 bits per heavy atom. The van der Waals surface area contributed by atoms with E-state index < -0.39 is 0 Å². The third kappa shape index (κ3) is 3.44. The van der Waals surface area contributed by atoms with Gasteiger partial charge in [-0.25, -0.2) is 4.98 Å². The van der Waals surface area contributed by atoms with Crippen molar-refractivity contribution in [2.45, 2.75) is 0 Å². The molecule has 0 aliphatic carbocycles. The summed E-state index contributed by atoms with van der Waals surface area (Å²) in [5.74, 6) is 0. The zero-order chi connectivity index (χ0) is 27.6. The van der Waals surface area contributed by atoms with Crippen LogP contribution in [0.4, 0.5) is 0 Å². The monoisotopic (exact) mass is 554 g/mol. The van der Waals surface area contributed by atoms with Gasteiger partial charge in [-0.15, -0.1) is 11.3 Å². The van der Waals surface area contributed by atoms with E-state index in [4.69, 9.17) is 4.98 Å². The van der Waals surface area contributed by atoms with Crippen LogP contribution < -0.4 is 0 Å². The van der Waals surface area contributed by atoms with Crippen LogP contribution in [-0.4, -0.2) is 19.5 Å². The van der Waals surface area contributed by atoms with Crippen LogP contribution in [-0.2, 0) is 0 Å². The molecular weight excluding hydrogens is 533 g/mol. The van der Waals surface area contributed by atoms with Gasteiger partial charge >= 0.3 is 0 Å². The van der Waals surface area contributed by atoms with Gasteiger partial charge in [0.15, 0.2) is 0 Å². The van der Waals surface area contributed by atoms with Gasteiger partial charge in [-0.05, 0) is 53.9 Å². The zero-order valence-electron chi connectivity index (χ0n) is 22.4. The molecule has 4 nitrogen and oxygen atoms in total. The van der Waals surface area contributed by atoms with Gasteiger partial charge in [0.1, 0.15) is 0 Å². The normalized spacial score (nSPS) is 11.8. The molecule has 0 fully saturated rings. The Balaban J connectivity index is 1.47. The zero-order valence-corrected chi connectivity index (χ0v) is 23.2. The molecule has 0 N–H and O–H groups in total. The van der Waals surface area contributed by atoms with Crippen LogP contribution in [0.1, 0.15) is 0 Å². The van der Waals surface area contributed by atoms with E-state index in [1.807, 2.05) is 60.1 Å². The van der Waals surface area contributed by atoms with Crippen LogP contribution in [0, 0.1) is 0 Å². The van der Waals surface area contributed by atoms with Gasteiger partial charge in [-0.3, -0.25) is 9.97 Å². The minimum Gasteiger partial charge on any atom is -0.308 e. The topological polar surface area (TPSA) is 43.6 Å². The molecule has 0 atom stereocenters. The maximum atomic E-state index is 5.05. The van der Waals surface area contributed by atoms with Gasteiger partial charge in [0.25, 0.3) is 0 Å². The van der Waals surface area contributed by atoms with Crippen molar-refractivity contribution in [3.05, 3.63) is 134 Å². The van der Waals surface area contributed by atoms with Crippen molar-refractivity contribution in [2.24, 2.45) is 0 Å². The Kier molecular flexibility index (Phi) is 5.03. The number of benzene rings is 4. The second-order valence-electron chi connectivity index (χ2n) is 10.5. The summed E-state index contributed by atoms with van der Waals surface area (Å²) in [5, 5.41) is 7.57. The number of thiophene rings is 1. The summed E-state index contributed by atoms with van der Waals surface area (Å²) >= 11 is 1.87. The third-order valence-electron chi connectivity index (χ3n) is 8.08. The Bertz CT molecular complexity index is 2400.